The van der Waals surface area contributed by atoms with Crippen molar-refractivity contribution in [2.45, 2.75) is 10.6 Å². The average molecular weight is 477 g/mol. The third-order valence-corrected chi connectivity index (χ3v) is 6.91. The van der Waals surface area contributed by atoms with E-state index in [2.05, 4.69) is 15.4 Å². The van der Waals surface area contributed by atoms with Crippen molar-refractivity contribution in [2.75, 3.05) is 29.1 Å². The molecule has 0 radical (unpaired) electrons. The molecule has 4 rings (SSSR count). The number of urea groups is 1. The van der Waals surface area contributed by atoms with Gasteiger partial charge >= 0.3 is 6.03 Å². The van der Waals surface area contributed by atoms with Crippen LogP contribution in [0.1, 0.15) is 15.9 Å². The van der Waals surface area contributed by atoms with Gasteiger partial charge in [0, 0.05) is 30.5 Å². The second-order valence-corrected chi connectivity index (χ2v) is 9.53. The van der Waals surface area contributed by atoms with E-state index in [0.29, 0.717) is 22.9 Å². The van der Waals surface area contributed by atoms with Gasteiger partial charge in [0.05, 0.1) is 14.2 Å². The number of carbonyl (C=O) groups is 2. The lowest BCUT2D eigenvalue weighted by Gasteiger charge is -2.29. The van der Waals surface area contributed by atoms with E-state index in [0.717, 1.165) is 27.4 Å². The Bertz CT molecular complexity index is 1150. The summed E-state index contributed by atoms with van der Waals surface area (Å²) in [5.74, 6) is -0.827. The number of fused-ring (bicyclic) bond motifs is 1. The summed E-state index contributed by atoms with van der Waals surface area (Å²) in [6.07, 6.45) is 0.627. The highest BCUT2D eigenvalue weighted by molar-refractivity contribution is 7.99. The van der Waals surface area contributed by atoms with Crippen LogP contribution in [0, 0.1) is 5.82 Å². The van der Waals surface area contributed by atoms with Crippen LogP contribution in [0.3, 0.4) is 0 Å². The molecule has 3 N–H and O–H groups in total. The Morgan fingerprint density at radius 2 is 1.97 bits per heavy atom. The van der Waals surface area contributed by atoms with Crippen LogP contribution < -0.4 is 20.3 Å². The molecule has 10 heteroatoms. The number of rotatable bonds is 5. The highest BCUT2D eigenvalue weighted by Crippen LogP contribution is 2.30. The maximum atomic E-state index is 14.8. The Morgan fingerprint density at radius 1 is 1.16 bits per heavy atom. The molecule has 0 bridgehead atoms. The number of anilines is 3. The first-order chi connectivity index (χ1) is 14.9. The number of benzene rings is 2. The molecule has 0 atom stereocenters. The topological polar surface area (TPSA) is 73.5 Å². The van der Waals surface area contributed by atoms with Gasteiger partial charge in [-0.05, 0) is 72.5 Å². The van der Waals surface area contributed by atoms with Crippen LogP contribution >= 0.6 is 34.9 Å². The summed E-state index contributed by atoms with van der Waals surface area (Å²) in [6.45, 7) is 0.378. The van der Waals surface area contributed by atoms with Crippen LogP contribution in [-0.2, 0) is 6.42 Å². The van der Waals surface area contributed by atoms with Crippen molar-refractivity contribution in [1.82, 2.24) is 4.72 Å². The van der Waals surface area contributed by atoms with Gasteiger partial charge < -0.3 is 15.5 Å². The van der Waals surface area contributed by atoms with Crippen LogP contribution in [0.5, 0.6) is 0 Å². The molecular weight excluding hydrogens is 459 g/mol. The van der Waals surface area contributed by atoms with Gasteiger partial charge in [-0.1, -0.05) is 11.6 Å². The number of nitrogens with zero attached hydrogens (tertiary/aromatic N) is 1. The van der Waals surface area contributed by atoms with E-state index >= 15 is 0 Å². The van der Waals surface area contributed by atoms with Crippen molar-refractivity contribution >= 4 is 63.9 Å². The lowest BCUT2D eigenvalue weighted by molar-refractivity contribution is 0.0979. The molecule has 31 heavy (non-hydrogen) atoms. The Balaban J connectivity index is 1.43. The number of halogens is 2. The third kappa shape index (κ3) is 4.79. The predicted octanol–water partition coefficient (Wildman–Crippen LogP) is 5.61. The average Bonchev–Trinajstić information content (AvgIpc) is 3.18. The van der Waals surface area contributed by atoms with Crippen molar-refractivity contribution in [1.29, 1.82) is 0 Å². The van der Waals surface area contributed by atoms with Gasteiger partial charge in [0.15, 0.2) is 0 Å². The van der Waals surface area contributed by atoms with E-state index in [9.17, 15) is 14.0 Å². The number of carbonyl (C=O) groups excluding carboxylic acids is 2. The van der Waals surface area contributed by atoms with Crippen molar-refractivity contribution in [3.8, 4) is 0 Å². The molecule has 0 saturated carbocycles. The van der Waals surface area contributed by atoms with Crippen molar-refractivity contribution in [3.63, 3.8) is 0 Å². The maximum Gasteiger partial charge on any atom is 0.329 e. The molecule has 3 amide bonds. The molecule has 0 fully saturated rings. The van der Waals surface area contributed by atoms with E-state index in [4.69, 9.17) is 11.6 Å². The van der Waals surface area contributed by atoms with Crippen LogP contribution in [0.2, 0.25) is 4.34 Å². The first-order valence-electron chi connectivity index (χ1n) is 9.36. The molecule has 0 saturated heterocycles. The van der Waals surface area contributed by atoms with E-state index in [1.165, 1.54) is 28.4 Å². The number of thiophene rings is 1. The van der Waals surface area contributed by atoms with Gasteiger partial charge in [-0.2, -0.15) is 0 Å². The first-order valence-corrected chi connectivity index (χ1v) is 11.4. The highest BCUT2D eigenvalue weighted by Gasteiger charge is 2.27. The standard InChI is InChI=1S/C21H18ClFN4O2S2/c1-24-13-2-4-15-12(10-13)8-9-27(20(15)28)17-5-3-14(11-16(17)23)25-21(29)26-31-19-7-6-18(22)30-19/h2-7,10-11,24H,8-9H2,1H3,(H2,25,26,29). The lowest BCUT2D eigenvalue weighted by atomic mass is 9.97. The van der Waals surface area contributed by atoms with Gasteiger partial charge in [0.25, 0.3) is 5.91 Å². The number of amides is 3. The van der Waals surface area contributed by atoms with E-state index < -0.39 is 11.8 Å². The minimum absolute atomic E-state index is 0.182. The van der Waals surface area contributed by atoms with E-state index in [1.54, 1.807) is 24.3 Å². The molecule has 2 aromatic carbocycles. The molecule has 2 heterocycles. The summed E-state index contributed by atoms with van der Waals surface area (Å²) < 4.78 is 18.9. The molecule has 1 aliphatic rings. The Labute approximate surface area is 191 Å². The molecule has 0 spiro atoms. The molecule has 160 valence electrons. The largest absolute Gasteiger partial charge is 0.388 e. The Kier molecular flexibility index (Phi) is 6.35. The third-order valence-electron chi connectivity index (χ3n) is 4.76. The summed E-state index contributed by atoms with van der Waals surface area (Å²) in [6, 6.07) is 12.8. The molecule has 0 aliphatic carbocycles. The second-order valence-electron chi connectivity index (χ2n) is 6.71. The van der Waals surface area contributed by atoms with Crippen molar-refractivity contribution < 1.29 is 14.0 Å². The monoisotopic (exact) mass is 476 g/mol. The van der Waals surface area contributed by atoms with Gasteiger partial charge in [-0.3, -0.25) is 9.52 Å². The molecule has 0 unspecified atom stereocenters. The zero-order valence-corrected chi connectivity index (χ0v) is 18.8. The second kappa shape index (κ2) is 9.17. The van der Waals surface area contributed by atoms with Crippen LogP contribution in [-0.4, -0.2) is 25.5 Å². The molecule has 1 aromatic heterocycles. The minimum atomic E-state index is -0.584. The molecule has 1 aliphatic heterocycles. The summed E-state index contributed by atoms with van der Waals surface area (Å²) in [5.41, 5.74) is 2.90. The maximum absolute atomic E-state index is 14.8. The van der Waals surface area contributed by atoms with Crippen molar-refractivity contribution in [3.05, 3.63) is 69.8 Å². The fourth-order valence-electron chi connectivity index (χ4n) is 3.28. The minimum Gasteiger partial charge on any atom is -0.388 e. The van der Waals surface area contributed by atoms with E-state index in [-0.39, 0.29) is 17.3 Å². The zero-order chi connectivity index (χ0) is 22.0. The van der Waals surface area contributed by atoms with Crippen molar-refractivity contribution in [2.24, 2.45) is 0 Å². The Hall–Kier alpha value is -2.75. The van der Waals surface area contributed by atoms with Crippen LogP contribution in [0.4, 0.5) is 26.2 Å². The lowest BCUT2D eigenvalue weighted by Crippen LogP contribution is -2.38. The highest BCUT2D eigenvalue weighted by atomic mass is 35.5. The van der Waals surface area contributed by atoms with Gasteiger partial charge in [-0.25, -0.2) is 9.18 Å². The molecule has 6 nitrogen and oxygen atoms in total. The molecule has 3 aromatic rings. The van der Waals surface area contributed by atoms with Crippen LogP contribution in [0.25, 0.3) is 0 Å². The van der Waals surface area contributed by atoms with Gasteiger partial charge in [0.1, 0.15) is 5.82 Å². The first kappa shape index (κ1) is 21.5. The fourth-order valence-corrected chi connectivity index (χ4v) is 5.14. The SMILES string of the molecule is CNc1ccc2c(c1)CCN(c1ccc(NC(=O)NSc3ccc(Cl)s3)cc1F)C2=O. The van der Waals surface area contributed by atoms with E-state index in [1.807, 2.05) is 19.2 Å². The number of hydrogen-bond acceptors (Lipinski definition) is 5. The van der Waals surface area contributed by atoms with Gasteiger partial charge in [0.2, 0.25) is 0 Å². The normalized spacial score (nSPS) is 13.0. The Morgan fingerprint density at radius 3 is 2.68 bits per heavy atom. The quantitative estimate of drug-likeness (QED) is 0.418. The molecular formula is C21H18ClFN4O2S2. The smallest absolute Gasteiger partial charge is 0.329 e. The van der Waals surface area contributed by atoms with Gasteiger partial charge in [-0.15, -0.1) is 11.3 Å². The van der Waals surface area contributed by atoms with Crippen LogP contribution in [0.15, 0.2) is 52.7 Å². The summed E-state index contributed by atoms with van der Waals surface area (Å²) in [4.78, 5) is 26.4. The summed E-state index contributed by atoms with van der Waals surface area (Å²) in [7, 11) is 1.82. The summed E-state index contributed by atoms with van der Waals surface area (Å²) >= 11 is 8.31. The predicted molar refractivity (Wildman–Crippen MR) is 125 cm³/mol. The zero-order valence-electron chi connectivity index (χ0n) is 16.4. The summed E-state index contributed by atoms with van der Waals surface area (Å²) in [5, 5.41) is 5.63. The fraction of sp³-hybridized carbons (Fsp3) is 0.143. The number of nitrogens with one attached hydrogen (secondary N) is 3. The number of hydrogen-bond donors (Lipinski definition) is 3.